The van der Waals surface area contributed by atoms with Crippen molar-refractivity contribution >= 4 is 5.97 Å². The summed E-state index contributed by atoms with van der Waals surface area (Å²) in [6, 6.07) is 0. The molecule has 0 aromatic carbocycles. The van der Waals surface area contributed by atoms with Crippen molar-refractivity contribution in [2.24, 2.45) is 0 Å². The number of carboxylic acid groups (broad SMARTS) is 1. The summed E-state index contributed by atoms with van der Waals surface area (Å²) < 4.78 is 0. The largest absolute Gasteiger partial charge is 0.481 e. The molecule has 0 radical (unpaired) electrons. The molecule has 27 heavy (non-hydrogen) atoms. The van der Waals surface area contributed by atoms with E-state index in [4.69, 9.17) is 5.11 Å². The molecule has 0 aromatic rings. The predicted octanol–water partition coefficient (Wildman–Crippen LogP) is 3.69. The van der Waals surface area contributed by atoms with Crippen LogP contribution in [-0.2, 0) is 4.79 Å². The first kappa shape index (κ1) is 25.1. The summed E-state index contributed by atoms with van der Waals surface area (Å²) in [6.07, 6.45) is 19.5. The number of unbranched alkanes of at least 4 members (excludes halogenated alkanes) is 2. The summed E-state index contributed by atoms with van der Waals surface area (Å²) in [5.74, 6) is -0.795. The molecule has 0 heterocycles. The minimum absolute atomic E-state index is 0.162. The van der Waals surface area contributed by atoms with Crippen LogP contribution in [-0.4, -0.2) is 44.7 Å². The maximum absolute atomic E-state index is 10.4. The van der Waals surface area contributed by atoms with Gasteiger partial charge in [-0.25, -0.2) is 0 Å². The van der Waals surface area contributed by atoms with Crippen molar-refractivity contribution in [2.75, 3.05) is 0 Å². The molecule has 0 fully saturated rings. The second kappa shape index (κ2) is 17.5. The first-order valence-corrected chi connectivity index (χ1v) is 9.56. The van der Waals surface area contributed by atoms with E-state index in [1.54, 1.807) is 24.3 Å². The molecular formula is C22H34O5. The lowest BCUT2D eigenvalue weighted by Gasteiger charge is -2.09. The monoisotopic (exact) mass is 378 g/mol. The van der Waals surface area contributed by atoms with Gasteiger partial charge in [-0.3, -0.25) is 4.79 Å². The number of aliphatic carboxylic acids is 1. The van der Waals surface area contributed by atoms with Crippen molar-refractivity contribution < 1.29 is 25.2 Å². The standard InChI is InChI=1S/C22H34O5/c1-2-3-4-5-6-7-10-16-20(24)21(25)17-13-12-15-19(23)14-9-8-11-18-22(26)27/h3-4,6-7,10,12-13,15-17,19-21,23-25H,2,5,8-9,11,14,18H2,1H3,(H,26,27)/b4-3-,7-6-,15-12-,16-10+,17-13+/t19-,20?,21?/m1/s1. The Kier molecular flexibility index (Phi) is 16.2. The highest BCUT2D eigenvalue weighted by Gasteiger charge is 2.07. The molecule has 0 saturated heterocycles. The Bertz CT molecular complexity index is 517. The van der Waals surface area contributed by atoms with Gasteiger partial charge in [-0.05, 0) is 25.7 Å². The number of aliphatic hydroxyl groups is 3. The number of rotatable bonds is 15. The van der Waals surface area contributed by atoms with Gasteiger partial charge in [0.25, 0.3) is 0 Å². The van der Waals surface area contributed by atoms with Crippen molar-refractivity contribution in [3.8, 4) is 0 Å². The minimum Gasteiger partial charge on any atom is -0.481 e. The van der Waals surface area contributed by atoms with Crippen LogP contribution in [0.3, 0.4) is 0 Å². The van der Waals surface area contributed by atoms with E-state index in [2.05, 4.69) is 19.1 Å². The van der Waals surface area contributed by atoms with Crippen molar-refractivity contribution in [1.82, 2.24) is 0 Å². The third-order valence-corrected chi connectivity index (χ3v) is 3.72. The number of aliphatic hydroxyl groups excluding tert-OH is 3. The molecule has 4 N–H and O–H groups in total. The van der Waals surface area contributed by atoms with Crippen LogP contribution in [0.2, 0.25) is 0 Å². The third kappa shape index (κ3) is 17.2. The Hall–Kier alpha value is -1.95. The second-order valence-electron chi connectivity index (χ2n) is 6.24. The second-order valence-corrected chi connectivity index (χ2v) is 6.24. The lowest BCUT2D eigenvalue weighted by atomic mass is 10.1. The van der Waals surface area contributed by atoms with E-state index in [0.29, 0.717) is 12.8 Å². The maximum Gasteiger partial charge on any atom is 0.303 e. The smallest absolute Gasteiger partial charge is 0.303 e. The molecule has 152 valence electrons. The summed E-state index contributed by atoms with van der Waals surface area (Å²) in [4.78, 5) is 10.4. The Labute approximate surface area is 162 Å². The van der Waals surface area contributed by atoms with Crippen LogP contribution < -0.4 is 0 Å². The van der Waals surface area contributed by atoms with E-state index in [0.717, 1.165) is 25.7 Å². The quantitative estimate of drug-likeness (QED) is 0.198. The van der Waals surface area contributed by atoms with Crippen LogP contribution in [0.25, 0.3) is 0 Å². The average Bonchev–Trinajstić information content (AvgIpc) is 2.63. The van der Waals surface area contributed by atoms with E-state index >= 15 is 0 Å². The molecule has 0 aromatic heterocycles. The normalized spacial score (nSPS) is 16.3. The Balaban J connectivity index is 4.01. The predicted molar refractivity (Wildman–Crippen MR) is 109 cm³/mol. The Morgan fingerprint density at radius 2 is 1.44 bits per heavy atom. The van der Waals surface area contributed by atoms with Crippen LogP contribution in [0, 0.1) is 0 Å². The van der Waals surface area contributed by atoms with E-state index in [1.165, 1.54) is 12.2 Å². The van der Waals surface area contributed by atoms with Crippen molar-refractivity contribution in [2.45, 2.75) is 70.2 Å². The van der Waals surface area contributed by atoms with Crippen LogP contribution in [0.15, 0.2) is 60.8 Å². The van der Waals surface area contributed by atoms with E-state index in [9.17, 15) is 20.1 Å². The number of carboxylic acids is 1. The van der Waals surface area contributed by atoms with Gasteiger partial charge in [0.15, 0.2) is 0 Å². The number of hydrogen-bond donors (Lipinski definition) is 4. The first-order chi connectivity index (χ1) is 13.0. The van der Waals surface area contributed by atoms with Crippen LogP contribution in [0.1, 0.15) is 51.9 Å². The van der Waals surface area contributed by atoms with Gasteiger partial charge in [0.1, 0.15) is 12.2 Å². The fourth-order valence-electron chi connectivity index (χ4n) is 2.18. The molecule has 0 saturated carbocycles. The number of hydrogen-bond acceptors (Lipinski definition) is 4. The zero-order chi connectivity index (χ0) is 20.3. The Morgan fingerprint density at radius 1 is 0.815 bits per heavy atom. The molecule has 0 aliphatic heterocycles. The zero-order valence-corrected chi connectivity index (χ0v) is 16.2. The zero-order valence-electron chi connectivity index (χ0n) is 16.2. The molecule has 0 amide bonds. The topological polar surface area (TPSA) is 98.0 Å². The summed E-state index contributed by atoms with van der Waals surface area (Å²) in [5, 5.41) is 38.0. The van der Waals surface area contributed by atoms with Gasteiger partial charge in [0.05, 0.1) is 6.10 Å². The molecule has 0 spiro atoms. The van der Waals surface area contributed by atoms with Gasteiger partial charge < -0.3 is 20.4 Å². The highest BCUT2D eigenvalue weighted by molar-refractivity contribution is 5.66. The van der Waals surface area contributed by atoms with Gasteiger partial charge in [-0.2, -0.15) is 0 Å². The summed E-state index contributed by atoms with van der Waals surface area (Å²) >= 11 is 0. The number of carbonyl (C=O) groups is 1. The summed E-state index contributed by atoms with van der Waals surface area (Å²) in [7, 11) is 0. The van der Waals surface area contributed by atoms with Gasteiger partial charge in [0, 0.05) is 6.42 Å². The average molecular weight is 379 g/mol. The molecule has 0 aliphatic carbocycles. The maximum atomic E-state index is 10.4. The Morgan fingerprint density at radius 3 is 2.07 bits per heavy atom. The molecule has 5 nitrogen and oxygen atoms in total. The van der Waals surface area contributed by atoms with E-state index in [1.807, 2.05) is 12.2 Å². The molecule has 2 unspecified atom stereocenters. The van der Waals surface area contributed by atoms with Crippen LogP contribution in [0.4, 0.5) is 0 Å². The van der Waals surface area contributed by atoms with Crippen molar-refractivity contribution in [3.63, 3.8) is 0 Å². The van der Waals surface area contributed by atoms with Crippen molar-refractivity contribution in [3.05, 3.63) is 60.8 Å². The highest BCUT2D eigenvalue weighted by Crippen LogP contribution is 2.07. The molecule has 0 rings (SSSR count). The first-order valence-electron chi connectivity index (χ1n) is 9.56. The lowest BCUT2D eigenvalue weighted by molar-refractivity contribution is -0.137. The van der Waals surface area contributed by atoms with Crippen LogP contribution in [0.5, 0.6) is 0 Å². The van der Waals surface area contributed by atoms with Crippen molar-refractivity contribution in [1.29, 1.82) is 0 Å². The summed E-state index contributed by atoms with van der Waals surface area (Å²) in [5.41, 5.74) is 0. The molecule has 0 aliphatic rings. The van der Waals surface area contributed by atoms with Gasteiger partial charge in [-0.1, -0.05) is 80.5 Å². The lowest BCUT2D eigenvalue weighted by Crippen LogP contribution is -2.20. The fraction of sp³-hybridized carbons (Fsp3) is 0.500. The molecule has 0 bridgehead atoms. The van der Waals surface area contributed by atoms with Gasteiger partial charge >= 0.3 is 5.97 Å². The molecular weight excluding hydrogens is 344 g/mol. The fourth-order valence-corrected chi connectivity index (χ4v) is 2.18. The highest BCUT2D eigenvalue weighted by atomic mass is 16.4. The van der Waals surface area contributed by atoms with Gasteiger partial charge in [0.2, 0.25) is 0 Å². The third-order valence-electron chi connectivity index (χ3n) is 3.72. The number of allylic oxidation sites excluding steroid dienone is 7. The summed E-state index contributed by atoms with van der Waals surface area (Å²) in [6.45, 7) is 2.08. The molecule has 5 heteroatoms. The van der Waals surface area contributed by atoms with E-state index in [-0.39, 0.29) is 6.42 Å². The van der Waals surface area contributed by atoms with Gasteiger partial charge in [-0.15, -0.1) is 0 Å². The van der Waals surface area contributed by atoms with E-state index < -0.39 is 24.3 Å². The SMILES string of the molecule is CC/C=C\C/C=C\C=C\C(O)C(O)/C=C/C=C\[C@H](O)CCCCCC(=O)O. The molecule has 3 atom stereocenters. The minimum atomic E-state index is -1.02. The van der Waals surface area contributed by atoms with Crippen LogP contribution >= 0.6 is 0 Å².